The van der Waals surface area contributed by atoms with E-state index in [1.165, 1.54) is 6.33 Å². The quantitative estimate of drug-likeness (QED) is 0.377. The van der Waals surface area contributed by atoms with Crippen LogP contribution in [0.4, 0.5) is 23.0 Å². The van der Waals surface area contributed by atoms with Crippen LogP contribution < -0.4 is 16.0 Å². The number of nitrogens with zero attached hydrogens (tertiary/aromatic N) is 6. The Morgan fingerprint density at radius 1 is 1.03 bits per heavy atom. The molecule has 0 amide bonds. The summed E-state index contributed by atoms with van der Waals surface area (Å²) in [4.78, 5) is 10.3. The van der Waals surface area contributed by atoms with Crippen LogP contribution in [0.15, 0.2) is 42.7 Å². The standard InChI is InChI=1S/C25H22Cl2N8/c1-16-12-19(20(14-30)17-4-6-18(26)7-5-17)21(27)13-22(16)34-24-23(31)25(33-15-32-24)35(10-2-8-28)11-3-9-29/h4-7,12-13,15,20H,2-3,10-11,31H2,1H3,(H,32,33,34). The van der Waals surface area contributed by atoms with Gasteiger partial charge in [0.1, 0.15) is 12.0 Å². The minimum Gasteiger partial charge on any atom is -0.393 e. The van der Waals surface area contributed by atoms with Gasteiger partial charge in [0.05, 0.1) is 37.0 Å². The van der Waals surface area contributed by atoms with Gasteiger partial charge in [0.15, 0.2) is 11.6 Å². The molecule has 0 aliphatic rings. The van der Waals surface area contributed by atoms with Gasteiger partial charge in [-0.15, -0.1) is 0 Å². The average Bonchev–Trinajstić information content (AvgIpc) is 2.85. The molecule has 3 rings (SSSR count). The van der Waals surface area contributed by atoms with Crippen molar-refractivity contribution < 1.29 is 0 Å². The summed E-state index contributed by atoms with van der Waals surface area (Å²) in [5, 5.41) is 32.0. The third-order valence-electron chi connectivity index (χ3n) is 5.39. The molecule has 0 bridgehead atoms. The molecule has 10 heteroatoms. The first-order chi connectivity index (χ1) is 16.9. The van der Waals surface area contributed by atoms with Crippen LogP contribution in [-0.4, -0.2) is 23.1 Å². The highest BCUT2D eigenvalue weighted by molar-refractivity contribution is 6.32. The van der Waals surface area contributed by atoms with Crippen molar-refractivity contribution in [3.63, 3.8) is 0 Å². The van der Waals surface area contributed by atoms with E-state index < -0.39 is 5.92 Å². The van der Waals surface area contributed by atoms with E-state index in [9.17, 15) is 5.26 Å². The van der Waals surface area contributed by atoms with Crippen LogP contribution in [0.5, 0.6) is 0 Å². The molecule has 0 saturated heterocycles. The summed E-state index contributed by atoms with van der Waals surface area (Å²) in [5.74, 6) is 0.257. The fourth-order valence-corrected chi connectivity index (χ4v) is 4.00. The summed E-state index contributed by atoms with van der Waals surface area (Å²) in [6.45, 7) is 2.67. The van der Waals surface area contributed by atoms with Gasteiger partial charge >= 0.3 is 0 Å². The third kappa shape index (κ3) is 6.11. The Bertz CT molecular complexity index is 1300. The first-order valence-electron chi connectivity index (χ1n) is 10.7. The molecule has 3 aromatic rings. The summed E-state index contributed by atoms with van der Waals surface area (Å²) in [6, 6.07) is 17.2. The van der Waals surface area contributed by atoms with Crippen molar-refractivity contribution in [2.24, 2.45) is 0 Å². The molecule has 2 aromatic carbocycles. The highest BCUT2D eigenvalue weighted by Crippen LogP contribution is 2.36. The van der Waals surface area contributed by atoms with Gasteiger partial charge in [-0.3, -0.25) is 0 Å². The van der Waals surface area contributed by atoms with E-state index in [1.54, 1.807) is 23.1 Å². The lowest BCUT2D eigenvalue weighted by molar-refractivity contribution is 0.782. The molecule has 0 aliphatic carbocycles. The zero-order valence-corrected chi connectivity index (χ0v) is 20.5. The number of benzene rings is 2. The van der Waals surface area contributed by atoms with Crippen LogP contribution in [0.1, 0.15) is 35.4 Å². The number of aryl methyl sites for hydroxylation is 1. The van der Waals surface area contributed by atoms with Crippen LogP contribution in [0.3, 0.4) is 0 Å². The lowest BCUT2D eigenvalue weighted by Crippen LogP contribution is -2.27. The summed E-state index contributed by atoms with van der Waals surface area (Å²) in [7, 11) is 0. The molecule has 0 saturated carbocycles. The number of hydrogen-bond acceptors (Lipinski definition) is 8. The number of anilines is 4. The molecule has 0 aliphatic heterocycles. The lowest BCUT2D eigenvalue weighted by Gasteiger charge is -2.24. The monoisotopic (exact) mass is 504 g/mol. The van der Waals surface area contributed by atoms with Gasteiger partial charge in [0.25, 0.3) is 0 Å². The number of aromatic nitrogens is 2. The SMILES string of the molecule is Cc1cc(C(C#N)c2ccc(Cl)cc2)c(Cl)cc1Nc1ncnc(N(CCC#N)CCC#N)c1N. The van der Waals surface area contributed by atoms with Gasteiger partial charge in [-0.2, -0.15) is 15.8 Å². The molecule has 1 aromatic heterocycles. The lowest BCUT2D eigenvalue weighted by atomic mass is 9.91. The second-order valence-corrected chi connectivity index (χ2v) is 8.53. The third-order valence-corrected chi connectivity index (χ3v) is 5.97. The summed E-state index contributed by atoms with van der Waals surface area (Å²) in [6.07, 6.45) is 1.90. The van der Waals surface area contributed by atoms with Crippen molar-refractivity contribution in [1.82, 2.24) is 9.97 Å². The number of rotatable bonds is 9. The Balaban J connectivity index is 1.92. The Labute approximate surface area is 214 Å². The van der Waals surface area contributed by atoms with E-state index in [2.05, 4.69) is 33.5 Å². The van der Waals surface area contributed by atoms with Crippen LogP contribution in [-0.2, 0) is 0 Å². The molecule has 1 unspecified atom stereocenters. The highest BCUT2D eigenvalue weighted by Gasteiger charge is 2.20. The van der Waals surface area contributed by atoms with Crippen molar-refractivity contribution in [2.75, 3.05) is 29.0 Å². The molecular formula is C25H22Cl2N8. The second kappa shape index (κ2) is 11.9. The van der Waals surface area contributed by atoms with Gasteiger partial charge in [-0.1, -0.05) is 41.4 Å². The fourth-order valence-electron chi connectivity index (χ4n) is 3.60. The number of nitrogens with two attached hydrogens (primary N) is 1. The average molecular weight is 505 g/mol. The van der Waals surface area contributed by atoms with E-state index in [0.29, 0.717) is 51.7 Å². The largest absolute Gasteiger partial charge is 0.393 e. The molecular weight excluding hydrogens is 483 g/mol. The minimum atomic E-state index is -0.558. The van der Waals surface area contributed by atoms with E-state index in [4.69, 9.17) is 39.5 Å². The summed E-state index contributed by atoms with van der Waals surface area (Å²) < 4.78 is 0. The van der Waals surface area contributed by atoms with Gasteiger partial charge < -0.3 is 16.0 Å². The van der Waals surface area contributed by atoms with Crippen LogP contribution in [0, 0.1) is 40.9 Å². The number of nitrogen functional groups attached to an aromatic ring is 1. The molecule has 3 N–H and O–H groups in total. The van der Waals surface area contributed by atoms with Crippen LogP contribution >= 0.6 is 23.2 Å². The first-order valence-corrected chi connectivity index (χ1v) is 11.5. The van der Waals surface area contributed by atoms with Gasteiger partial charge in [0.2, 0.25) is 0 Å². The number of halogens is 2. The van der Waals surface area contributed by atoms with E-state index in [-0.39, 0.29) is 12.8 Å². The predicted molar refractivity (Wildman–Crippen MR) is 137 cm³/mol. The molecule has 35 heavy (non-hydrogen) atoms. The maximum absolute atomic E-state index is 9.83. The summed E-state index contributed by atoms with van der Waals surface area (Å²) in [5.41, 5.74) is 9.63. The Kier molecular flexibility index (Phi) is 8.70. The maximum atomic E-state index is 9.83. The maximum Gasteiger partial charge on any atom is 0.159 e. The first kappa shape index (κ1) is 25.6. The smallest absolute Gasteiger partial charge is 0.159 e. The normalized spacial score (nSPS) is 11.1. The number of hydrogen-bond donors (Lipinski definition) is 2. The van der Waals surface area contributed by atoms with E-state index >= 15 is 0 Å². The topological polar surface area (TPSA) is 138 Å². The van der Waals surface area contributed by atoms with Crippen molar-refractivity contribution in [2.45, 2.75) is 25.7 Å². The predicted octanol–water partition coefficient (Wildman–Crippen LogP) is 5.71. The zero-order valence-electron chi connectivity index (χ0n) is 19.0. The molecule has 1 heterocycles. The molecule has 0 fully saturated rings. The molecule has 8 nitrogen and oxygen atoms in total. The summed E-state index contributed by atoms with van der Waals surface area (Å²) >= 11 is 12.6. The molecule has 0 radical (unpaired) electrons. The zero-order chi connectivity index (χ0) is 25.4. The Morgan fingerprint density at radius 3 is 2.29 bits per heavy atom. The number of nitrogens with one attached hydrogen (secondary N) is 1. The molecule has 1 atom stereocenters. The van der Waals surface area contributed by atoms with Crippen LogP contribution in [0.2, 0.25) is 10.0 Å². The number of nitriles is 3. The minimum absolute atomic E-state index is 0.265. The molecule has 176 valence electrons. The van der Waals surface area contributed by atoms with E-state index in [0.717, 1.165) is 11.1 Å². The van der Waals surface area contributed by atoms with Gasteiger partial charge in [-0.25, -0.2) is 9.97 Å². The van der Waals surface area contributed by atoms with E-state index in [1.807, 2.05) is 25.1 Å². The van der Waals surface area contributed by atoms with Crippen molar-refractivity contribution in [3.8, 4) is 18.2 Å². The second-order valence-electron chi connectivity index (χ2n) is 7.69. The molecule has 0 spiro atoms. The van der Waals surface area contributed by atoms with Gasteiger partial charge in [-0.05, 0) is 41.8 Å². The Hall–Kier alpha value is -4.03. The van der Waals surface area contributed by atoms with Crippen molar-refractivity contribution in [1.29, 1.82) is 15.8 Å². The van der Waals surface area contributed by atoms with Gasteiger partial charge in [0, 0.05) is 28.8 Å². The van der Waals surface area contributed by atoms with Crippen LogP contribution in [0.25, 0.3) is 0 Å². The van der Waals surface area contributed by atoms with Crippen molar-refractivity contribution in [3.05, 3.63) is 69.5 Å². The Morgan fingerprint density at radius 2 is 1.69 bits per heavy atom. The highest BCUT2D eigenvalue weighted by atomic mass is 35.5. The van der Waals surface area contributed by atoms with Crippen molar-refractivity contribution >= 4 is 46.2 Å². The fraction of sp³-hybridized carbons (Fsp3) is 0.240.